The predicted octanol–water partition coefficient (Wildman–Crippen LogP) is 5.64. The molecule has 1 amide bonds. The van der Waals surface area contributed by atoms with E-state index in [0.717, 1.165) is 16.8 Å². The van der Waals surface area contributed by atoms with Crippen molar-refractivity contribution in [2.24, 2.45) is 0 Å². The van der Waals surface area contributed by atoms with Gasteiger partial charge in [-0.15, -0.1) is 0 Å². The zero-order valence-electron chi connectivity index (χ0n) is 18.4. The standard InChI is InChI=1S/C27H18ClN3O4/c28-18-9-7-17(14-29)23(13-18)30-24(32)15-35-27(33)25-20-5-1-2-6-22(20)31-26-16(8-10-21(25)26)12-19-4-3-11-34-19/h1-7,9,11-13H,8,10,15H2,(H,30,32)/b16-12+. The van der Waals surface area contributed by atoms with Gasteiger partial charge in [-0.3, -0.25) is 4.79 Å². The van der Waals surface area contributed by atoms with Crippen LogP contribution < -0.4 is 5.32 Å². The molecule has 1 aliphatic rings. The molecule has 0 bridgehead atoms. The minimum absolute atomic E-state index is 0.253. The molecule has 0 fully saturated rings. The van der Waals surface area contributed by atoms with E-state index in [1.807, 2.05) is 48.5 Å². The van der Waals surface area contributed by atoms with Crippen LogP contribution in [0.5, 0.6) is 0 Å². The Labute approximate surface area is 205 Å². The van der Waals surface area contributed by atoms with E-state index in [9.17, 15) is 14.9 Å². The van der Waals surface area contributed by atoms with Gasteiger partial charge in [-0.05, 0) is 66.5 Å². The molecule has 0 aliphatic heterocycles. The summed E-state index contributed by atoms with van der Waals surface area (Å²) in [7, 11) is 0. The number of halogens is 1. The highest BCUT2D eigenvalue weighted by Crippen LogP contribution is 2.37. The first-order chi connectivity index (χ1) is 17.0. The number of pyridine rings is 1. The largest absolute Gasteiger partial charge is 0.465 e. The summed E-state index contributed by atoms with van der Waals surface area (Å²) < 4.78 is 10.9. The van der Waals surface area contributed by atoms with Gasteiger partial charge in [0.05, 0.1) is 34.3 Å². The molecule has 8 heteroatoms. The van der Waals surface area contributed by atoms with E-state index in [0.29, 0.717) is 40.1 Å². The number of hydrogen-bond acceptors (Lipinski definition) is 6. The van der Waals surface area contributed by atoms with E-state index in [-0.39, 0.29) is 11.3 Å². The van der Waals surface area contributed by atoms with Crippen molar-refractivity contribution in [1.29, 1.82) is 5.26 Å². The van der Waals surface area contributed by atoms with Crippen molar-refractivity contribution in [2.75, 3.05) is 11.9 Å². The number of nitrogens with one attached hydrogen (secondary N) is 1. The number of aromatic nitrogens is 1. The van der Waals surface area contributed by atoms with Crippen LogP contribution in [-0.4, -0.2) is 23.5 Å². The van der Waals surface area contributed by atoms with E-state index in [4.69, 9.17) is 25.7 Å². The van der Waals surface area contributed by atoms with E-state index in [1.165, 1.54) is 12.1 Å². The van der Waals surface area contributed by atoms with Crippen LogP contribution in [0.3, 0.4) is 0 Å². The van der Waals surface area contributed by atoms with Crippen LogP contribution in [0.4, 0.5) is 5.69 Å². The predicted molar refractivity (Wildman–Crippen MR) is 132 cm³/mol. The Morgan fingerprint density at radius 3 is 2.83 bits per heavy atom. The van der Waals surface area contributed by atoms with Gasteiger partial charge in [0.2, 0.25) is 0 Å². The molecule has 35 heavy (non-hydrogen) atoms. The molecule has 0 atom stereocenters. The molecule has 5 rings (SSSR count). The van der Waals surface area contributed by atoms with Gasteiger partial charge in [-0.25, -0.2) is 9.78 Å². The molecule has 2 heterocycles. The fraction of sp³-hybridized carbons (Fsp3) is 0.111. The van der Waals surface area contributed by atoms with Crippen molar-refractivity contribution in [1.82, 2.24) is 4.98 Å². The number of amides is 1. The van der Waals surface area contributed by atoms with Crippen molar-refractivity contribution in [3.63, 3.8) is 0 Å². The molecule has 1 aliphatic carbocycles. The topological polar surface area (TPSA) is 105 Å². The average molecular weight is 484 g/mol. The van der Waals surface area contributed by atoms with Gasteiger partial charge >= 0.3 is 5.97 Å². The van der Waals surface area contributed by atoms with Crippen molar-refractivity contribution < 1.29 is 18.7 Å². The number of para-hydroxylation sites is 1. The van der Waals surface area contributed by atoms with Crippen LogP contribution in [0.15, 0.2) is 65.3 Å². The average Bonchev–Trinajstić information content (AvgIpc) is 3.52. The minimum atomic E-state index is -0.610. The number of rotatable bonds is 5. The van der Waals surface area contributed by atoms with Crippen molar-refractivity contribution in [3.05, 3.63) is 94.0 Å². The number of allylic oxidation sites excluding steroid dienone is 1. The lowest BCUT2D eigenvalue weighted by molar-refractivity contribution is -0.119. The Balaban J connectivity index is 1.42. The van der Waals surface area contributed by atoms with Crippen molar-refractivity contribution in [3.8, 4) is 6.07 Å². The van der Waals surface area contributed by atoms with Gasteiger partial charge in [-0.2, -0.15) is 5.26 Å². The van der Waals surface area contributed by atoms with Crippen LogP contribution >= 0.6 is 11.6 Å². The maximum Gasteiger partial charge on any atom is 0.339 e. The molecule has 0 unspecified atom stereocenters. The molecule has 0 saturated carbocycles. The fourth-order valence-electron chi connectivity index (χ4n) is 4.16. The van der Waals surface area contributed by atoms with Gasteiger partial charge < -0.3 is 14.5 Å². The van der Waals surface area contributed by atoms with Gasteiger partial charge in [0.1, 0.15) is 11.8 Å². The molecule has 7 nitrogen and oxygen atoms in total. The second-order valence-electron chi connectivity index (χ2n) is 7.94. The van der Waals surface area contributed by atoms with Crippen LogP contribution in [0.2, 0.25) is 5.02 Å². The summed E-state index contributed by atoms with van der Waals surface area (Å²) in [5.41, 5.74) is 4.06. The van der Waals surface area contributed by atoms with Crippen LogP contribution in [0, 0.1) is 11.3 Å². The number of hydrogen-bond donors (Lipinski definition) is 1. The number of benzene rings is 2. The number of nitrogens with zero attached hydrogens (tertiary/aromatic N) is 2. The fourth-order valence-corrected chi connectivity index (χ4v) is 4.34. The van der Waals surface area contributed by atoms with E-state index >= 15 is 0 Å². The van der Waals surface area contributed by atoms with Crippen LogP contribution in [0.1, 0.15) is 39.4 Å². The summed E-state index contributed by atoms with van der Waals surface area (Å²) in [6, 6.07) is 17.5. The third kappa shape index (κ3) is 4.52. The maximum atomic E-state index is 13.2. The number of ether oxygens (including phenoxy) is 1. The SMILES string of the molecule is N#Cc1ccc(Cl)cc1NC(=O)COC(=O)c1c2c(nc3ccccc13)/C(=C/c1ccco1)CC2. The Bertz CT molecular complexity index is 1530. The lowest BCUT2D eigenvalue weighted by Crippen LogP contribution is -2.22. The first kappa shape index (κ1) is 22.4. The molecule has 0 spiro atoms. The Morgan fingerprint density at radius 1 is 1.17 bits per heavy atom. The van der Waals surface area contributed by atoms with Crippen molar-refractivity contribution >= 4 is 51.7 Å². The maximum absolute atomic E-state index is 13.2. The first-order valence-corrected chi connectivity index (χ1v) is 11.2. The zero-order valence-corrected chi connectivity index (χ0v) is 19.1. The lowest BCUT2D eigenvalue weighted by Gasteiger charge is -2.13. The summed E-state index contributed by atoms with van der Waals surface area (Å²) in [4.78, 5) is 30.5. The number of nitriles is 1. The highest BCUT2D eigenvalue weighted by molar-refractivity contribution is 6.31. The Kier molecular flexibility index (Phi) is 6.04. The van der Waals surface area contributed by atoms with Gasteiger partial charge in [0.15, 0.2) is 6.61 Å². The quantitative estimate of drug-likeness (QED) is 0.368. The van der Waals surface area contributed by atoms with Crippen LogP contribution in [-0.2, 0) is 16.0 Å². The molecule has 1 N–H and O–H groups in total. The normalized spacial score (nSPS) is 13.4. The monoisotopic (exact) mass is 483 g/mol. The lowest BCUT2D eigenvalue weighted by atomic mass is 10.0. The summed E-state index contributed by atoms with van der Waals surface area (Å²) in [6.07, 6.45) is 4.84. The van der Waals surface area contributed by atoms with Gasteiger partial charge in [0, 0.05) is 10.4 Å². The van der Waals surface area contributed by atoms with Gasteiger partial charge in [0.25, 0.3) is 5.91 Å². The van der Waals surface area contributed by atoms with Crippen LogP contribution in [0.25, 0.3) is 22.6 Å². The smallest absolute Gasteiger partial charge is 0.339 e. The number of fused-ring (bicyclic) bond motifs is 2. The highest BCUT2D eigenvalue weighted by Gasteiger charge is 2.28. The molecule has 2 aromatic carbocycles. The highest BCUT2D eigenvalue weighted by atomic mass is 35.5. The summed E-state index contributed by atoms with van der Waals surface area (Å²) >= 11 is 5.97. The number of carbonyl (C=O) groups is 2. The molecule has 2 aromatic heterocycles. The molecular weight excluding hydrogens is 466 g/mol. The molecule has 4 aromatic rings. The Morgan fingerprint density at radius 2 is 2.03 bits per heavy atom. The van der Waals surface area contributed by atoms with Crippen molar-refractivity contribution in [2.45, 2.75) is 12.8 Å². The first-order valence-electron chi connectivity index (χ1n) is 10.9. The Hall–Kier alpha value is -4.41. The molecule has 0 radical (unpaired) electrons. The summed E-state index contributed by atoms with van der Waals surface area (Å²) in [5.74, 6) is -0.479. The molecule has 172 valence electrons. The summed E-state index contributed by atoms with van der Waals surface area (Å²) in [5, 5.41) is 12.8. The zero-order chi connectivity index (χ0) is 24.4. The third-order valence-electron chi connectivity index (χ3n) is 5.72. The number of anilines is 1. The van der Waals surface area contributed by atoms with Gasteiger partial charge in [-0.1, -0.05) is 29.8 Å². The molecule has 0 saturated heterocycles. The summed E-state index contributed by atoms with van der Waals surface area (Å²) in [6.45, 7) is -0.517. The second kappa shape index (κ2) is 9.45. The second-order valence-corrected chi connectivity index (χ2v) is 8.38. The minimum Gasteiger partial charge on any atom is -0.465 e. The van der Waals surface area contributed by atoms with E-state index in [1.54, 1.807) is 12.3 Å². The van der Waals surface area contributed by atoms with E-state index in [2.05, 4.69) is 5.32 Å². The number of carbonyl (C=O) groups excluding carboxylic acids is 2. The number of esters is 1. The molecular formula is C27H18ClN3O4. The van der Waals surface area contributed by atoms with E-state index < -0.39 is 18.5 Å². The number of furan rings is 1. The third-order valence-corrected chi connectivity index (χ3v) is 5.95.